The number of hydrogen-bond donors (Lipinski definition) is 2. The summed E-state index contributed by atoms with van der Waals surface area (Å²) in [5.41, 5.74) is 0.956. The van der Waals surface area contributed by atoms with Crippen LogP contribution in [0.5, 0.6) is 5.75 Å². The number of nitrogens with zero attached hydrogens (tertiary/aromatic N) is 1. The molecule has 1 aliphatic rings. The SMILES string of the molecule is CC(C)CC(Oc1ccc(F)nc1)[C@H]1CCN1.Cc1ccc(S(=O)(=O)O)cc1. The first kappa shape index (κ1) is 22.3. The molecule has 6 nitrogen and oxygen atoms in total. The van der Waals surface area contributed by atoms with E-state index in [0.717, 1.165) is 24.9 Å². The Hall–Kier alpha value is -2.03. The lowest BCUT2D eigenvalue weighted by Crippen LogP contribution is -2.53. The van der Waals surface area contributed by atoms with Gasteiger partial charge < -0.3 is 10.1 Å². The van der Waals surface area contributed by atoms with Crippen LogP contribution in [0.15, 0.2) is 47.5 Å². The van der Waals surface area contributed by atoms with Crippen molar-refractivity contribution in [2.75, 3.05) is 6.54 Å². The molecule has 2 aromatic rings. The van der Waals surface area contributed by atoms with E-state index in [9.17, 15) is 12.8 Å². The van der Waals surface area contributed by atoms with Crippen molar-refractivity contribution in [2.45, 2.75) is 50.7 Å². The van der Waals surface area contributed by atoms with Crippen molar-refractivity contribution >= 4 is 10.1 Å². The largest absolute Gasteiger partial charge is 0.487 e. The quantitative estimate of drug-likeness (QED) is 0.559. The van der Waals surface area contributed by atoms with Crippen LogP contribution in [0, 0.1) is 18.8 Å². The lowest BCUT2D eigenvalue weighted by molar-refractivity contribution is 0.0979. The topological polar surface area (TPSA) is 88.5 Å². The summed E-state index contributed by atoms with van der Waals surface area (Å²) in [5, 5.41) is 3.36. The van der Waals surface area contributed by atoms with Gasteiger partial charge in [0, 0.05) is 6.04 Å². The third kappa shape index (κ3) is 7.18. The normalized spacial score (nSPS) is 17.3. The molecule has 1 unspecified atom stereocenters. The third-order valence-corrected chi connectivity index (χ3v) is 5.19. The zero-order valence-electron chi connectivity index (χ0n) is 16.3. The number of benzene rings is 1. The van der Waals surface area contributed by atoms with E-state index in [1.807, 2.05) is 6.92 Å². The van der Waals surface area contributed by atoms with Gasteiger partial charge in [0.25, 0.3) is 10.1 Å². The fourth-order valence-electron chi connectivity index (χ4n) is 2.70. The van der Waals surface area contributed by atoms with Crippen LogP contribution in [0.25, 0.3) is 0 Å². The molecule has 1 aromatic carbocycles. The Labute approximate surface area is 165 Å². The lowest BCUT2D eigenvalue weighted by atomic mass is 9.93. The zero-order chi connectivity index (χ0) is 20.7. The van der Waals surface area contributed by atoms with Crippen LogP contribution in [0.2, 0.25) is 0 Å². The van der Waals surface area contributed by atoms with Gasteiger partial charge in [-0.05, 0) is 56.5 Å². The van der Waals surface area contributed by atoms with Gasteiger partial charge >= 0.3 is 0 Å². The van der Waals surface area contributed by atoms with Crippen LogP contribution >= 0.6 is 0 Å². The van der Waals surface area contributed by atoms with E-state index in [1.165, 1.54) is 24.4 Å². The summed E-state index contributed by atoms with van der Waals surface area (Å²) in [5.74, 6) is 0.751. The van der Waals surface area contributed by atoms with E-state index in [1.54, 1.807) is 18.2 Å². The maximum atomic E-state index is 12.7. The number of pyridine rings is 1. The Kier molecular flexibility index (Phi) is 7.91. The molecule has 0 spiro atoms. The summed E-state index contributed by atoms with van der Waals surface area (Å²) in [7, 11) is -4.02. The minimum Gasteiger partial charge on any atom is -0.487 e. The van der Waals surface area contributed by atoms with E-state index >= 15 is 0 Å². The molecule has 0 bridgehead atoms. The fraction of sp³-hybridized carbons (Fsp3) is 0.450. The van der Waals surface area contributed by atoms with Crippen LogP contribution in [0.1, 0.15) is 32.3 Å². The number of ether oxygens (including phenoxy) is 1. The summed E-state index contributed by atoms with van der Waals surface area (Å²) < 4.78 is 48.1. The first-order valence-electron chi connectivity index (χ1n) is 9.21. The predicted molar refractivity (Wildman–Crippen MR) is 105 cm³/mol. The number of aromatic nitrogens is 1. The summed E-state index contributed by atoms with van der Waals surface area (Å²) in [6.45, 7) is 7.26. The van der Waals surface area contributed by atoms with Gasteiger partial charge in [0.2, 0.25) is 5.95 Å². The molecular weight excluding hydrogens is 383 g/mol. The number of rotatable bonds is 6. The van der Waals surface area contributed by atoms with Crippen molar-refractivity contribution in [3.63, 3.8) is 0 Å². The number of hydrogen-bond acceptors (Lipinski definition) is 5. The Morgan fingerprint density at radius 1 is 1.25 bits per heavy atom. The second kappa shape index (κ2) is 9.95. The van der Waals surface area contributed by atoms with E-state index in [2.05, 4.69) is 24.1 Å². The molecule has 2 N–H and O–H groups in total. The van der Waals surface area contributed by atoms with Gasteiger partial charge in [-0.25, -0.2) is 4.98 Å². The minimum atomic E-state index is -4.02. The summed E-state index contributed by atoms with van der Waals surface area (Å²) in [6.07, 6.45) is 3.73. The van der Waals surface area contributed by atoms with Crippen molar-refractivity contribution in [2.24, 2.45) is 5.92 Å². The second-order valence-corrected chi connectivity index (χ2v) is 8.66. The van der Waals surface area contributed by atoms with Gasteiger partial charge in [-0.2, -0.15) is 12.8 Å². The van der Waals surface area contributed by atoms with E-state index in [-0.39, 0.29) is 11.0 Å². The van der Waals surface area contributed by atoms with E-state index in [0.29, 0.717) is 17.7 Å². The van der Waals surface area contributed by atoms with Crippen molar-refractivity contribution in [1.82, 2.24) is 10.3 Å². The fourth-order valence-corrected chi connectivity index (χ4v) is 3.18. The van der Waals surface area contributed by atoms with Crippen LogP contribution in [-0.2, 0) is 10.1 Å². The maximum absolute atomic E-state index is 12.7. The van der Waals surface area contributed by atoms with Gasteiger partial charge in [0.1, 0.15) is 11.9 Å². The molecule has 1 saturated heterocycles. The molecule has 154 valence electrons. The van der Waals surface area contributed by atoms with Crippen LogP contribution < -0.4 is 10.1 Å². The van der Waals surface area contributed by atoms with Gasteiger partial charge in [-0.15, -0.1) is 0 Å². The minimum absolute atomic E-state index is 0.0666. The van der Waals surface area contributed by atoms with E-state index < -0.39 is 16.1 Å². The van der Waals surface area contributed by atoms with Crippen molar-refractivity contribution in [3.8, 4) is 5.75 Å². The molecule has 0 amide bonds. The standard InChI is InChI=1S/C13H19FN2O.C7H8O3S/c1-9(2)7-12(11-5-6-15-11)17-10-3-4-13(14)16-8-10;1-6-2-4-7(5-3-6)11(8,9)10/h3-4,8-9,11-12,15H,5-7H2,1-2H3;2-5H,1H3,(H,8,9,10)/t11-,12?;/m1./s1. The highest BCUT2D eigenvalue weighted by molar-refractivity contribution is 7.85. The maximum Gasteiger partial charge on any atom is 0.294 e. The predicted octanol–water partition coefficient (Wildman–Crippen LogP) is 3.62. The Balaban J connectivity index is 0.000000221. The third-order valence-electron chi connectivity index (χ3n) is 4.32. The first-order chi connectivity index (χ1) is 13.1. The molecule has 8 heteroatoms. The molecule has 2 atom stereocenters. The number of halogens is 1. The van der Waals surface area contributed by atoms with Gasteiger partial charge in [-0.1, -0.05) is 31.5 Å². The number of nitrogens with one attached hydrogen (secondary N) is 1. The van der Waals surface area contributed by atoms with Gasteiger partial charge in [0.15, 0.2) is 0 Å². The Morgan fingerprint density at radius 2 is 1.89 bits per heavy atom. The van der Waals surface area contributed by atoms with Crippen LogP contribution in [-0.4, -0.2) is 36.6 Å². The van der Waals surface area contributed by atoms with Crippen molar-refractivity contribution in [3.05, 3.63) is 54.1 Å². The molecule has 1 aromatic heterocycles. The Morgan fingerprint density at radius 3 is 2.32 bits per heavy atom. The average Bonchev–Trinajstić information content (AvgIpc) is 2.55. The monoisotopic (exact) mass is 410 g/mol. The summed E-state index contributed by atoms with van der Waals surface area (Å²) >= 11 is 0. The highest BCUT2D eigenvalue weighted by Gasteiger charge is 2.29. The molecule has 0 aliphatic carbocycles. The van der Waals surface area contributed by atoms with Crippen molar-refractivity contribution < 1.29 is 22.1 Å². The van der Waals surface area contributed by atoms with Gasteiger partial charge in [0.05, 0.1) is 11.1 Å². The molecule has 2 heterocycles. The molecule has 1 fully saturated rings. The molecule has 28 heavy (non-hydrogen) atoms. The van der Waals surface area contributed by atoms with E-state index in [4.69, 9.17) is 9.29 Å². The molecular formula is C20H27FN2O4S. The average molecular weight is 411 g/mol. The zero-order valence-corrected chi connectivity index (χ0v) is 17.1. The molecule has 3 rings (SSSR count). The van der Waals surface area contributed by atoms with Crippen molar-refractivity contribution in [1.29, 1.82) is 0 Å². The van der Waals surface area contributed by atoms with Gasteiger partial charge in [-0.3, -0.25) is 4.55 Å². The summed E-state index contributed by atoms with van der Waals surface area (Å²) in [4.78, 5) is 3.54. The summed E-state index contributed by atoms with van der Waals surface area (Å²) in [6, 6.07) is 9.37. The highest BCUT2D eigenvalue weighted by Crippen LogP contribution is 2.21. The second-order valence-electron chi connectivity index (χ2n) is 7.24. The molecule has 0 saturated carbocycles. The Bertz CT molecular complexity index is 836. The lowest BCUT2D eigenvalue weighted by Gasteiger charge is -2.36. The number of aryl methyl sites for hydroxylation is 1. The van der Waals surface area contributed by atoms with Crippen LogP contribution in [0.3, 0.4) is 0 Å². The highest BCUT2D eigenvalue weighted by atomic mass is 32.2. The molecule has 0 radical (unpaired) electrons. The first-order valence-corrected chi connectivity index (χ1v) is 10.6. The van der Waals surface area contributed by atoms with Crippen LogP contribution in [0.4, 0.5) is 4.39 Å². The molecule has 1 aliphatic heterocycles. The smallest absolute Gasteiger partial charge is 0.294 e.